The Morgan fingerprint density at radius 2 is 2.15 bits per heavy atom. The van der Waals surface area contributed by atoms with E-state index < -0.39 is 0 Å². The van der Waals surface area contributed by atoms with Gasteiger partial charge in [-0.25, -0.2) is 4.98 Å². The van der Waals surface area contributed by atoms with Crippen LogP contribution in [0.3, 0.4) is 0 Å². The Morgan fingerprint density at radius 1 is 1.35 bits per heavy atom. The van der Waals surface area contributed by atoms with E-state index in [0.29, 0.717) is 36.8 Å². The first kappa shape index (κ1) is 18.2. The van der Waals surface area contributed by atoms with Crippen molar-refractivity contribution < 1.29 is 19.4 Å². The predicted octanol–water partition coefficient (Wildman–Crippen LogP) is 1.58. The lowest BCUT2D eigenvalue weighted by molar-refractivity contribution is -0.0135. The maximum Gasteiger partial charge on any atom is 0.255 e. The van der Waals surface area contributed by atoms with E-state index in [4.69, 9.17) is 14.6 Å². The molecule has 2 atom stereocenters. The molecule has 26 heavy (non-hydrogen) atoms. The molecule has 1 aromatic carbocycles. The first-order valence-corrected chi connectivity index (χ1v) is 8.59. The quantitative estimate of drug-likeness (QED) is 0.727. The fourth-order valence-electron chi connectivity index (χ4n) is 2.88. The van der Waals surface area contributed by atoms with E-state index in [-0.39, 0.29) is 24.7 Å². The summed E-state index contributed by atoms with van der Waals surface area (Å²) in [5.41, 5.74) is 1.31. The van der Waals surface area contributed by atoms with E-state index in [1.807, 2.05) is 0 Å². The number of aliphatic hydroxyl groups excluding tert-OH is 1. The molecule has 7 nitrogen and oxygen atoms in total. The fraction of sp³-hybridized carbons (Fsp3) is 0.368. The second kappa shape index (κ2) is 8.64. The van der Waals surface area contributed by atoms with Crippen molar-refractivity contribution in [3.05, 3.63) is 53.7 Å². The number of aromatic nitrogens is 1. The van der Waals surface area contributed by atoms with Gasteiger partial charge >= 0.3 is 0 Å². The van der Waals surface area contributed by atoms with Gasteiger partial charge in [-0.15, -0.1) is 0 Å². The number of hydrogen-bond donors (Lipinski definition) is 3. The number of carbonyl (C=O) groups is 1. The van der Waals surface area contributed by atoms with Gasteiger partial charge in [0.25, 0.3) is 5.91 Å². The Bertz CT molecular complexity index is 736. The molecule has 0 unspecified atom stereocenters. The molecule has 0 spiro atoms. The van der Waals surface area contributed by atoms with Crippen molar-refractivity contribution in [3.8, 4) is 5.75 Å². The number of amides is 1. The molecule has 1 saturated heterocycles. The number of rotatable bonds is 6. The monoisotopic (exact) mass is 357 g/mol. The van der Waals surface area contributed by atoms with Crippen molar-refractivity contribution in [3.63, 3.8) is 0 Å². The van der Waals surface area contributed by atoms with Gasteiger partial charge in [0.2, 0.25) is 0 Å². The Kier molecular flexibility index (Phi) is 6.04. The molecule has 0 aliphatic carbocycles. The third kappa shape index (κ3) is 4.30. The van der Waals surface area contributed by atoms with Crippen molar-refractivity contribution in [1.29, 1.82) is 0 Å². The molecule has 3 N–H and O–H groups in total. The number of benzene rings is 1. The minimum Gasteiger partial charge on any atom is -0.486 e. The zero-order valence-corrected chi connectivity index (χ0v) is 14.6. The Hall–Kier alpha value is -2.64. The summed E-state index contributed by atoms with van der Waals surface area (Å²) in [5, 5.41) is 15.1. The zero-order valence-electron chi connectivity index (χ0n) is 14.6. The van der Waals surface area contributed by atoms with Gasteiger partial charge in [0.05, 0.1) is 24.8 Å². The summed E-state index contributed by atoms with van der Waals surface area (Å²) in [7, 11) is 1.73. The summed E-state index contributed by atoms with van der Waals surface area (Å²) in [6, 6.07) is 10.5. The molecule has 1 aromatic heterocycles. The number of aliphatic hydroxyl groups is 1. The van der Waals surface area contributed by atoms with Crippen molar-refractivity contribution in [1.82, 2.24) is 10.3 Å². The highest BCUT2D eigenvalue weighted by Gasteiger charge is 2.29. The Balaban J connectivity index is 1.69. The molecular formula is C19H23N3O4. The van der Waals surface area contributed by atoms with E-state index in [2.05, 4.69) is 15.6 Å². The van der Waals surface area contributed by atoms with Gasteiger partial charge in [-0.3, -0.25) is 4.79 Å². The number of ether oxygens (including phenoxy) is 2. The molecule has 138 valence electrons. The van der Waals surface area contributed by atoms with Crippen LogP contribution in [0.25, 0.3) is 0 Å². The molecule has 1 aliphatic heterocycles. The van der Waals surface area contributed by atoms with Gasteiger partial charge in [0.1, 0.15) is 17.7 Å². The third-order valence-corrected chi connectivity index (χ3v) is 4.30. The largest absolute Gasteiger partial charge is 0.486 e. The molecule has 0 radical (unpaired) electrons. The molecule has 1 fully saturated rings. The molecule has 0 bridgehead atoms. The van der Waals surface area contributed by atoms with Crippen LogP contribution in [0.2, 0.25) is 0 Å². The minimum atomic E-state index is -0.289. The van der Waals surface area contributed by atoms with Gasteiger partial charge < -0.3 is 25.2 Å². The minimum absolute atomic E-state index is 0.00951. The molecule has 1 aliphatic rings. The molecule has 3 rings (SSSR count). The highest BCUT2D eigenvalue weighted by atomic mass is 16.5. The van der Waals surface area contributed by atoms with Crippen LogP contribution < -0.4 is 15.4 Å². The average molecular weight is 357 g/mol. The Labute approximate surface area is 152 Å². The highest BCUT2D eigenvalue weighted by Crippen LogP contribution is 2.20. The van der Waals surface area contributed by atoms with Crippen LogP contribution in [0.5, 0.6) is 5.75 Å². The predicted molar refractivity (Wildman–Crippen MR) is 97.3 cm³/mol. The first-order valence-electron chi connectivity index (χ1n) is 8.59. The van der Waals surface area contributed by atoms with Crippen LogP contribution in [0.1, 0.15) is 22.3 Å². The summed E-state index contributed by atoms with van der Waals surface area (Å²) in [6.07, 6.45) is 2.02. The lowest BCUT2D eigenvalue weighted by Crippen LogP contribution is -2.51. The maximum absolute atomic E-state index is 12.7. The average Bonchev–Trinajstić information content (AvgIpc) is 2.70. The highest BCUT2D eigenvalue weighted by molar-refractivity contribution is 5.98. The number of pyridine rings is 1. The van der Waals surface area contributed by atoms with E-state index >= 15 is 0 Å². The first-order chi connectivity index (χ1) is 12.7. The number of nitrogens with zero attached hydrogens (tertiary/aromatic N) is 1. The normalized spacial score (nSPS) is 19.6. The Morgan fingerprint density at radius 3 is 2.88 bits per heavy atom. The molecule has 0 saturated carbocycles. The molecule has 2 heterocycles. The standard InChI is InChI=1S/C19H23N3O4/c1-20-18-15(3-2-9-21-18)19(24)22-16-8-10-25-12-17(16)26-14-6-4-13(11-23)5-7-14/h2-7,9,16-17,23H,8,10-12H2,1H3,(H,20,21)(H,22,24)/t16-,17-/m1/s1. The number of carbonyl (C=O) groups excluding carboxylic acids is 1. The fourth-order valence-corrected chi connectivity index (χ4v) is 2.88. The maximum atomic E-state index is 12.7. The summed E-state index contributed by atoms with van der Waals surface area (Å²) < 4.78 is 11.5. The summed E-state index contributed by atoms with van der Waals surface area (Å²) in [6.45, 7) is 0.962. The van der Waals surface area contributed by atoms with Crippen LogP contribution in [-0.2, 0) is 11.3 Å². The van der Waals surface area contributed by atoms with Gasteiger partial charge in [-0.2, -0.15) is 0 Å². The number of nitrogens with one attached hydrogen (secondary N) is 2. The summed E-state index contributed by atoms with van der Waals surface area (Å²) in [5.74, 6) is 1.02. The summed E-state index contributed by atoms with van der Waals surface area (Å²) >= 11 is 0. The molecule has 7 heteroatoms. The van der Waals surface area contributed by atoms with Gasteiger partial charge in [-0.05, 0) is 36.2 Å². The molecular weight excluding hydrogens is 334 g/mol. The summed E-state index contributed by atoms with van der Waals surface area (Å²) in [4.78, 5) is 16.8. The van der Waals surface area contributed by atoms with Gasteiger partial charge in [0, 0.05) is 19.9 Å². The topological polar surface area (TPSA) is 92.7 Å². The van der Waals surface area contributed by atoms with Crippen LogP contribution >= 0.6 is 0 Å². The second-order valence-corrected chi connectivity index (χ2v) is 6.05. The second-order valence-electron chi connectivity index (χ2n) is 6.05. The van der Waals surface area contributed by atoms with Crippen molar-refractivity contribution in [2.45, 2.75) is 25.2 Å². The smallest absolute Gasteiger partial charge is 0.255 e. The van der Waals surface area contributed by atoms with Gasteiger partial charge in [0.15, 0.2) is 0 Å². The third-order valence-electron chi connectivity index (χ3n) is 4.30. The van der Waals surface area contributed by atoms with Crippen LogP contribution in [-0.4, -0.2) is 48.4 Å². The SMILES string of the molecule is CNc1ncccc1C(=O)N[C@@H]1CCOC[C@H]1Oc1ccc(CO)cc1. The van der Waals surface area contributed by atoms with Gasteiger partial charge in [-0.1, -0.05) is 12.1 Å². The van der Waals surface area contributed by atoms with Crippen LogP contribution in [0.15, 0.2) is 42.6 Å². The van der Waals surface area contributed by atoms with Crippen LogP contribution in [0, 0.1) is 0 Å². The number of anilines is 1. The van der Waals surface area contributed by atoms with E-state index in [1.54, 1.807) is 49.6 Å². The van der Waals surface area contributed by atoms with Crippen molar-refractivity contribution in [2.24, 2.45) is 0 Å². The molecule has 1 amide bonds. The van der Waals surface area contributed by atoms with E-state index in [1.165, 1.54) is 0 Å². The van der Waals surface area contributed by atoms with E-state index in [0.717, 1.165) is 5.56 Å². The van der Waals surface area contributed by atoms with Crippen molar-refractivity contribution in [2.75, 3.05) is 25.6 Å². The molecule has 2 aromatic rings. The van der Waals surface area contributed by atoms with Crippen molar-refractivity contribution >= 4 is 11.7 Å². The zero-order chi connectivity index (χ0) is 18.4. The lowest BCUT2D eigenvalue weighted by atomic mass is 10.0. The van der Waals surface area contributed by atoms with E-state index in [9.17, 15) is 4.79 Å². The lowest BCUT2D eigenvalue weighted by Gasteiger charge is -2.32. The van der Waals surface area contributed by atoms with Crippen LogP contribution in [0.4, 0.5) is 5.82 Å². The number of hydrogen-bond acceptors (Lipinski definition) is 6.